The van der Waals surface area contributed by atoms with Gasteiger partial charge in [0, 0.05) is 12.8 Å². The van der Waals surface area contributed by atoms with Crippen LogP contribution in [0.4, 0.5) is 0 Å². The highest BCUT2D eigenvalue weighted by Gasteiger charge is 2.26. The molecule has 0 rings (SSSR count). The zero-order valence-electron chi connectivity index (χ0n) is 13.8. The van der Waals surface area contributed by atoms with Crippen LogP contribution in [0.5, 0.6) is 0 Å². The van der Waals surface area contributed by atoms with E-state index in [-0.39, 0.29) is 25.4 Å². The molecule has 0 bridgehead atoms. The molecule has 1 amide bonds. The SMILES string of the molecule is CNC(CCC=O)C(=O)NC(CCC(=O)C=N)C(=O)OC(C)C. The fourth-order valence-corrected chi connectivity index (χ4v) is 1.84. The Morgan fingerprint density at radius 2 is 1.83 bits per heavy atom. The van der Waals surface area contributed by atoms with Gasteiger partial charge in [0.2, 0.25) is 5.91 Å². The van der Waals surface area contributed by atoms with E-state index in [1.54, 1.807) is 20.9 Å². The monoisotopic (exact) mass is 327 g/mol. The van der Waals surface area contributed by atoms with Gasteiger partial charge in [-0.25, -0.2) is 4.79 Å². The number of carbonyl (C=O) groups excluding carboxylic acids is 4. The average molecular weight is 327 g/mol. The summed E-state index contributed by atoms with van der Waals surface area (Å²) in [5.41, 5.74) is 0. The molecule has 0 spiro atoms. The minimum absolute atomic E-state index is 0.0415. The summed E-state index contributed by atoms with van der Waals surface area (Å²) in [4.78, 5) is 45.8. The molecule has 0 fully saturated rings. The van der Waals surface area contributed by atoms with Gasteiger partial charge in [-0.05, 0) is 33.7 Å². The van der Waals surface area contributed by atoms with Crippen molar-refractivity contribution in [2.75, 3.05) is 7.05 Å². The van der Waals surface area contributed by atoms with E-state index in [0.717, 1.165) is 0 Å². The van der Waals surface area contributed by atoms with Crippen LogP contribution in [0, 0.1) is 5.41 Å². The van der Waals surface area contributed by atoms with Gasteiger partial charge in [0.1, 0.15) is 12.3 Å². The third kappa shape index (κ3) is 8.82. The van der Waals surface area contributed by atoms with E-state index in [1.807, 2.05) is 0 Å². The van der Waals surface area contributed by atoms with Gasteiger partial charge in [0.15, 0.2) is 5.78 Å². The van der Waals surface area contributed by atoms with E-state index >= 15 is 0 Å². The van der Waals surface area contributed by atoms with Gasteiger partial charge >= 0.3 is 5.97 Å². The van der Waals surface area contributed by atoms with Crippen LogP contribution in [0.25, 0.3) is 0 Å². The predicted octanol–water partition coefficient (Wildman–Crippen LogP) is -0.0112. The van der Waals surface area contributed by atoms with Crippen molar-refractivity contribution in [3.8, 4) is 0 Å². The number of nitrogens with one attached hydrogen (secondary N) is 3. The highest BCUT2D eigenvalue weighted by atomic mass is 16.5. The van der Waals surface area contributed by atoms with E-state index in [1.165, 1.54) is 0 Å². The molecule has 2 unspecified atom stereocenters. The molecular weight excluding hydrogens is 302 g/mol. The summed E-state index contributed by atoms with van der Waals surface area (Å²) >= 11 is 0. The highest BCUT2D eigenvalue weighted by molar-refractivity contribution is 6.26. The van der Waals surface area contributed by atoms with Crippen molar-refractivity contribution < 1.29 is 23.9 Å². The van der Waals surface area contributed by atoms with Crippen molar-refractivity contribution in [1.82, 2.24) is 10.6 Å². The Hall–Kier alpha value is -2.09. The van der Waals surface area contributed by atoms with Crippen LogP contribution in [0.3, 0.4) is 0 Å². The number of ketones is 1. The molecule has 0 heterocycles. The van der Waals surface area contributed by atoms with Crippen molar-refractivity contribution in [2.45, 2.75) is 57.7 Å². The Balaban J connectivity index is 4.85. The summed E-state index contributed by atoms with van der Waals surface area (Å²) in [6, 6.07) is -1.59. The molecular formula is C15H25N3O5. The molecule has 0 aliphatic rings. The first-order chi connectivity index (χ1) is 10.8. The van der Waals surface area contributed by atoms with Crippen LogP contribution in [-0.2, 0) is 23.9 Å². The van der Waals surface area contributed by atoms with Gasteiger partial charge in [0.25, 0.3) is 0 Å². The lowest BCUT2D eigenvalue weighted by Gasteiger charge is -2.22. The number of likely N-dealkylation sites (N-methyl/N-ethyl adjacent to an activating group) is 1. The first-order valence-electron chi connectivity index (χ1n) is 7.50. The lowest BCUT2D eigenvalue weighted by atomic mass is 10.1. The number of ether oxygens (including phenoxy) is 1. The lowest BCUT2D eigenvalue weighted by molar-refractivity contribution is -0.152. The molecule has 8 heteroatoms. The maximum absolute atomic E-state index is 12.2. The maximum atomic E-state index is 12.2. The molecule has 0 aliphatic heterocycles. The van der Waals surface area contributed by atoms with Crippen LogP contribution in [0.1, 0.15) is 39.5 Å². The molecule has 0 aromatic rings. The minimum Gasteiger partial charge on any atom is -0.461 e. The van der Waals surface area contributed by atoms with Crippen LogP contribution in [-0.4, -0.2) is 55.4 Å². The third-order valence-corrected chi connectivity index (χ3v) is 3.03. The summed E-state index contributed by atoms with van der Waals surface area (Å²) in [7, 11) is 1.58. The first-order valence-corrected chi connectivity index (χ1v) is 7.50. The quantitative estimate of drug-likeness (QED) is 0.263. The molecule has 0 aliphatic carbocycles. The van der Waals surface area contributed by atoms with Crippen molar-refractivity contribution in [3.63, 3.8) is 0 Å². The lowest BCUT2D eigenvalue weighted by Crippen LogP contribution is -2.50. The molecule has 0 saturated carbocycles. The Morgan fingerprint density at radius 1 is 1.17 bits per heavy atom. The summed E-state index contributed by atoms with van der Waals surface area (Å²) in [6.07, 6.45) is 1.56. The molecule has 0 radical (unpaired) electrons. The molecule has 0 saturated heterocycles. The Kier molecular flexibility index (Phi) is 10.4. The fourth-order valence-electron chi connectivity index (χ4n) is 1.84. The Labute approximate surface area is 135 Å². The van der Waals surface area contributed by atoms with E-state index in [2.05, 4.69) is 10.6 Å². The van der Waals surface area contributed by atoms with E-state index in [9.17, 15) is 19.2 Å². The molecule has 8 nitrogen and oxygen atoms in total. The van der Waals surface area contributed by atoms with Gasteiger partial charge in [-0.1, -0.05) is 0 Å². The van der Waals surface area contributed by atoms with Crippen molar-refractivity contribution in [2.24, 2.45) is 0 Å². The molecule has 0 aromatic heterocycles. The number of Topliss-reactive ketones (excluding diaryl/α,β-unsaturated/α-hetero) is 1. The van der Waals surface area contributed by atoms with Crippen LogP contribution in [0.15, 0.2) is 0 Å². The van der Waals surface area contributed by atoms with Crippen molar-refractivity contribution in [3.05, 3.63) is 0 Å². The first kappa shape index (κ1) is 20.9. The fraction of sp³-hybridized carbons (Fsp3) is 0.667. The normalized spacial score (nSPS) is 13.0. The highest BCUT2D eigenvalue weighted by Crippen LogP contribution is 2.05. The number of esters is 1. The van der Waals surface area contributed by atoms with Gasteiger partial charge in [-0.15, -0.1) is 0 Å². The summed E-state index contributed by atoms with van der Waals surface area (Å²) in [5, 5.41) is 12.2. The van der Waals surface area contributed by atoms with Gasteiger partial charge in [-0.3, -0.25) is 9.59 Å². The zero-order chi connectivity index (χ0) is 17.8. The third-order valence-electron chi connectivity index (χ3n) is 3.03. The van der Waals surface area contributed by atoms with Crippen LogP contribution >= 0.6 is 0 Å². The summed E-state index contributed by atoms with van der Waals surface area (Å²) in [5.74, 6) is -1.51. The Bertz CT molecular complexity index is 437. The minimum atomic E-state index is -0.971. The standard InChI is InChI=1S/C15H25N3O5/c1-10(2)23-15(22)13(7-6-11(20)9-16)18-14(21)12(17-3)5-4-8-19/h8-10,12-13,16-17H,4-7H2,1-3H3,(H,18,21). The molecule has 3 N–H and O–H groups in total. The number of hydrogen-bond donors (Lipinski definition) is 3. The average Bonchev–Trinajstić information content (AvgIpc) is 2.50. The van der Waals surface area contributed by atoms with Crippen LogP contribution < -0.4 is 10.6 Å². The number of carbonyl (C=O) groups is 4. The number of hydrogen-bond acceptors (Lipinski definition) is 7. The molecule has 23 heavy (non-hydrogen) atoms. The van der Waals surface area contributed by atoms with Gasteiger partial charge < -0.3 is 25.6 Å². The second-order valence-corrected chi connectivity index (χ2v) is 5.28. The largest absolute Gasteiger partial charge is 0.461 e. The molecule has 2 atom stereocenters. The number of rotatable bonds is 12. The molecule has 0 aromatic carbocycles. The maximum Gasteiger partial charge on any atom is 0.328 e. The smallest absolute Gasteiger partial charge is 0.328 e. The van der Waals surface area contributed by atoms with E-state index < -0.39 is 29.7 Å². The topological polar surface area (TPSA) is 125 Å². The van der Waals surface area contributed by atoms with Gasteiger partial charge in [0.05, 0.1) is 18.4 Å². The summed E-state index contributed by atoms with van der Waals surface area (Å²) < 4.78 is 5.08. The molecule has 130 valence electrons. The zero-order valence-corrected chi connectivity index (χ0v) is 13.8. The van der Waals surface area contributed by atoms with Crippen LogP contribution in [0.2, 0.25) is 0 Å². The summed E-state index contributed by atoms with van der Waals surface area (Å²) in [6.45, 7) is 3.36. The number of amides is 1. The van der Waals surface area contributed by atoms with Crippen molar-refractivity contribution >= 4 is 30.2 Å². The van der Waals surface area contributed by atoms with E-state index in [0.29, 0.717) is 18.9 Å². The predicted molar refractivity (Wildman–Crippen MR) is 84.3 cm³/mol. The second-order valence-electron chi connectivity index (χ2n) is 5.28. The number of aldehydes is 1. The van der Waals surface area contributed by atoms with Gasteiger partial charge in [-0.2, -0.15) is 0 Å². The van der Waals surface area contributed by atoms with E-state index in [4.69, 9.17) is 10.1 Å². The Morgan fingerprint density at radius 3 is 2.30 bits per heavy atom. The second kappa shape index (κ2) is 11.5. The van der Waals surface area contributed by atoms with Crippen molar-refractivity contribution in [1.29, 1.82) is 5.41 Å².